The third-order valence-corrected chi connectivity index (χ3v) is 5.10. The molecule has 1 aliphatic carbocycles. The molecule has 0 bridgehead atoms. The van der Waals surface area contributed by atoms with Gasteiger partial charge in [0.2, 0.25) is 5.91 Å². The number of hydrogen-bond acceptors (Lipinski definition) is 4. The topological polar surface area (TPSA) is 93.9 Å². The minimum absolute atomic E-state index is 0.0734. The van der Waals surface area contributed by atoms with Gasteiger partial charge in [0.1, 0.15) is 0 Å². The zero-order valence-corrected chi connectivity index (χ0v) is 13.3. The van der Waals surface area contributed by atoms with Gasteiger partial charge in [-0.15, -0.1) is 0 Å². The summed E-state index contributed by atoms with van der Waals surface area (Å²) >= 11 is 0. The Morgan fingerprint density at radius 1 is 1.24 bits per heavy atom. The van der Waals surface area contributed by atoms with Crippen molar-refractivity contribution in [2.45, 2.75) is 52.5 Å². The van der Waals surface area contributed by atoms with Crippen molar-refractivity contribution in [1.82, 2.24) is 4.90 Å². The molecular weight excluding hydrogens is 264 g/mol. The van der Waals surface area contributed by atoms with Gasteiger partial charge in [-0.2, -0.15) is 10.5 Å². The summed E-state index contributed by atoms with van der Waals surface area (Å²) in [4.78, 5) is 14.5. The monoisotopic (exact) mass is 290 g/mol. The van der Waals surface area contributed by atoms with Gasteiger partial charge in [-0.3, -0.25) is 4.79 Å². The van der Waals surface area contributed by atoms with E-state index in [9.17, 15) is 4.79 Å². The van der Waals surface area contributed by atoms with Gasteiger partial charge in [-0.25, -0.2) is 0 Å². The third-order valence-electron chi connectivity index (χ3n) is 5.10. The van der Waals surface area contributed by atoms with E-state index in [1.165, 1.54) is 0 Å². The Hall–Kier alpha value is -1.59. The van der Waals surface area contributed by atoms with Crippen LogP contribution >= 0.6 is 0 Å². The maximum atomic E-state index is 12.8. The van der Waals surface area contributed by atoms with Crippen molar-refractivity contribution in [2.75, 3.05) is 13.1 Å². The van der Waals surface area contributed by atoms with E-state index in [1.54, 1.807) is 4.90 Å². The van der Waals surface area contributed by atoms with Crippen molar-refractivity contribution in [3.63, 3.8) is 0 Å². The first-order valence-corrected chi connectivity index (χ1v) is 7.64. The maximum Gasteiger partial charge on any atom is 0.226 e. The molecule has 3 atom stereocenters. The van der Waals surface area contributed by atoms with E-state index >= 15 is 0 Å². The standard InChI is InChI=1S/C16H26N4O/c1-12-14(19)7-6-13(16(12,2)3)15(21)20(10-4-8-17)11-5-9-18/h12-14H,4-7,10-11,19H2,1-3H3. The molecule has 0 aromatic heterocycles. The summed E-state index contributed by atoms with van der Waals surface area (Å²) < 4.78 is 0. The van der Waals surface area contributed by atoms with E-state index < -0.39 is 0 Å². The second-order valence-corrected chi connectivity index (χ2v) is 6.55. The van der Waals surface area contributed by atoms with Crippen LogP contribution < -0.4 is 5.73 Å². The van der Waals surface area contributed by atoms with Crippen LogP contribution in [0.1, 0.15) is 46.5 Å². The van der Waals surface area contributed by atoms with Gasteiger partial charge in [0.25, 0.3) is 0 Å². The lowest BCUT2D eigenvalue weighted by molar-refractivity contribution is -0.143. The van der Waals surface area contributed by atoms with E-state index in [0.717, 1.165) is 12.8 Å². The van der Waals surface area contributed by atoms with Gasteiger partial charge >= 0.3 is 0 Å². The van der Waals surface area contributed by atoms with Crippen LogP contribution in [0, 0.1) is 39.9 Å². The first kappa shape index (κ1) is 17.5. The number of rotatable bonds is 5. The number of carbonyl (C=O) groups excluding carboxylic acids is 1. The van der Waals surface area contributed by atoms with Crippen molar-refractivity contribution >= 4 is 5.91 Å². The van der Waals surface area contributed by atoms with Crippen LogP contribution in [-0.2, 0) is 4.79 Å². The molecule has 0 spiro atoms. The summed E-state index contributed by atoms with van der Waals surface area (Å²) in [7, 11) is 0. The zero-order chi connectivity index (χ0) is 16.0. The highest BCUT2D eigenvalue weighted by molar-refractivity contribution is 5.80. The summed E-state index contributed by atoms with van der Waals surface area (Å²) in [6.45, 7) is 7.13. The Morgan fingerprint density at radius 2 is 1.76 bits per heavy atom. The second-order valence-electron chi connectivity index (χ2n) is 6.55. The largest absolute Gasteiger partial charge is 0.340 e. The van der Waals surface area contributed by atoms with Crippen LogP contribution in [0.25, 0.3) is 0 Å². The van der Waals surface area contributed by atoms with Crippen molar-refractivity contribution in [3.05, 3.63) is 0 Å². The normalized spacial score (nSPS) is 27.4. The van der Waals surface area contributed by atoms with Gasteiger partial charge in [0, 0.05) is 25.0 Å². The lowest BCUT2D eigenvalue weighted by Gasteiger charge is -2.47. The van der Waals surface area contributed by atoms with Crippen LogP contribution in [0.5, 0.6) is 0 Å². The van der Waals surface area contributed by atoms with E-state index in [1.807, 2.05) is 0 Å². The van der Waals surface area contributed by atoms with E-state index in [2.05, 4.69) is 32.9 Å². The van der Waals surface area contributed by atoms with Gasteiger partial charge in [0.15, 0.2) is 0 Å². The molecule has 1 rings (SSSR count). The first-order valence-electron chi connectivity index (χ1n) is 7.64. The average molecular weight is 290 g/mol. The fourth-order valence-corrected chi connectivity index (χ4v) is 3.21. The Morgan fingerprint density at radius 3 is 2.24 bits per heavy atom. The molecule has 1 fully saturated rings. The highest BCUT2D eigenvalue weighted by Gasteiger charge is 2.46. The number of nitrogens with two attached hydrogens (primary N) is 1. The molecule has 21 heavy (non-hydrogen) atoms. The van der Waals surface area contributed by atoms with E-state index in [-0.39, 0.29) is 29.2 Å². The van der Waals surface area contributed by atoms with Crippen molar-refractivity contribution in [2.24, 2.45) is 23.0 Å². The van der Waals surface area contributed by atoms with Crippen LogP contribution in [0.4, 0.5) is 0 Å². The second kappa shape index (κ2) is 7.43. The van der Waals surface area contributed by atoms with Crippen LogP contribution in [0.2, 0.25) is 0 Å². The van der Waals surface area contributed by atoms with E-state index in [0.29, 0.717) is 25.9 Å². The maximum absolute atomic E-state index is 12.8. The molecule has 5 heteroatoms. The Kier molecular flexibility index (Phi) is 6.18. The minimum Gasteiger partial charge on any atom is -0.340 e. The summed E-state index contributed by atoms with van der Waals surface area (Å²) in [5.41, 5.74) is 5.98. The molecule has 1 aliphatic rings. The smallest absolute Gasteiger partial charge is 0.226 e. The lowest BCUT2D eigenvalue weighted by Crippen LogP contribution is -2.52. The highest BCUT2D eigenvalue weighted by Crippen LogP contribution is 2.45. The quantitative estimate of drug-likeness (QED) is 0.838. The predicted octanol–water partition coefficient (Wildman–Crippen LogP) is 2.04. The third kappa shape index (κ3) is 3.95. The summed E-state index contributed by atoms with van der Waals surface area (Å²) in [6.07, 6.45) is 2.25. The predicted molar refractivity (Wildman–Crippen MR) is 80.7 cm³/mol. The molecule has 0 aliphatic heterocycles. The number of amides is 1. The number of hydrogen-bond donors (Lipinski definition) is 1. The van der Waals surface area contributed by atoms with Crippen LogP contribution in [0.15, 0.2) is 0 Å². The molecule has 0 aromatic carbocycles. The molecule has 0 radical (unpaired) electrons. The fraction of sp³-hybridized carbons (Fsp3) is 0.812. The molecule has 0 heterocycles. The zero-order valence-electron chi connectivity index (χ0n) is 13.3. The van der Waals surface area contributed by atoms with Crippen molar-refractivity contribution < 1.29 is 4.79 Å². The summed E-state index contributed by atoms with van der Waals surface area (Å²) in [5, 5.41) is 17.5. The molecule has 1 saturated carbocycles. The van der Waals surface area contributed by atoms with Crippen molar-refractivity contribution in [1.29, 1.82) is 10.5 Å². The molecule has 3 unspecified atom stereocenters. The fourth-order valence-electron chi connectivity index (χ4n) is 3.21. The Balaban J connectivity index is 2.87. The Bertz CT molecular complexity index is 428. The van der Waals surface area contributed by atoms with Crippen LogP contribution in [0.3, 0.4) is 0 Å². The number of carbonyl (C=O) groups is 1. The lowest BCUT2D eigenvalue weighted by atomic mass is 9.60. The number of nitrogens with zero attached hydrogens (tertiary/aromatic N) is 3. The first-order chi connectivity index (χ1) is 9.86. The van der Waals surface area contributed by atoms with E-state index in [4.69, 9.17) is 16.3 Å². The molecule has 5 nitrogen and oxygen atoms in total. The van der Waals surface area contributed by atoms with Gasteiger partial charge in [-0.1, -0.05) is 20.8 Å². The minimum atomic E-state index is -0.160. The summed E-state index contributed by atoms with van der Waals surface area (Å²) in [6, 6.07) is 4.28. The molecule has 116 valence electrons. The summed E-state index contributed by atoms with van der Waals surface area (Å²) in [5.74, 6) is 0.267. The molecule has 2 N–H and O–H groups in total. The molecule has 0 saturated heterocycles. The van der Waals surface area contributed by atoms with Gasteiger partial charge in [0.05, 0.1) is 25.0 Å². The molecular formula is C16H26N4O. The van der Waals surface area contributed by atoms with Gasteiger partial charge in [-0.05, 0) is 24.2 Å². The molecule has 0 aromatic rings. The van der Waals surface area contributed by atoms with Gasteiger partial charge < -0.3 is 10.6 Å². The number of nitriles is 2. The average Bonchev–Trinajstić information content (AvgIpc) is 2.44. The molecule has 1 amide bonds. The highest BCUT2D eigenvalue weighted by atomic mass is 16.2. The SMILES string of the molecule is CC1C(N)CCC(C(=O)N(CCC#N)CCC#N)C1(C)C. The Labute approximate surface area is 127 Å². The van der Waals surface area contributed by atoms with Crippen LogP contribution in [-0.4, -0.2) is 29.9 Å². The van der Waals surface area contributed by atoms with Crippen molar-refractivity contribution in [3.8, 4) is 12.1 Å².